The molecule has 0 spiro atoms. The number of nitrogens with one attached hydrogen (secondary N) is 1. The molecule has 0 aliphatic heterocycles. The van der Waals surface area contributed by atoms with Gasteiger partial charge in [-0.1, -0.05) is 41.6 Å². The Morgan fingerprint density at radius 2 is 2.04 bits per heavy atom. The molecular weight excluding hydrogens is 344 g/mol. The summed E-state index contributed by atoms with van der Waals surface area (Å²) in [5, 5.41) is 14.0. The van der Waals surface area contributed by atoms with Crippen LogP contribution in [0.1, 0.15) is 15.9 Å². The van der Waals surface area contributed by atoms with Crippen molar-refractivity contribution < 1.29 is 14.5 Å². The molecule has 0 saturated carbocycles. The average molecular weight is 359 g/mol. The quantitative estimate of drug-likeness (QED) is 0.504. The number of nitro groups is 1. The first-order chi connectivity index (χ1) is 12.0. The number of nitro benzene ring substituents is 1. The highest BCUT2D eigenvalue weighted by Crippen LogP contribution is 2.22. The van der Waals surface area contributed by atoms with Crippen molar-refractivity contribution in [2.24, 2.45) is 0 Å². The van der Waals surface area contributed by atoms with Crippen LogP contribution in [0.2, 0.25) is 5.02 Å². The second kappa shape index (κ2) is 8.71. The van der Waals surface area contributed by atoms with E-state index in [2.05, 4.69) is 17.2 Å². The van der Waals surface area contributed by atoms with Gasteiger partial charge >= 0.3 is 0 Å². The lowest BCUT2D eigenvalue weighted by molar-refractivity contribution is -0.385. The molecule has 0 bridgehead atoms. The number of halogens is 1. The molecule has 7 heteroatoms. The molecular formula is C18H15ClN2O4. The van der Waals surface area contributed by atoms with Gasteiger partial charge in [-0.2, -0.15) is 0 Å². The van der Waals surface area contributed by atoms with Crippen LogP contribution >= 0.6 is 11.6 Å². The van der Waals surface area contributed by atoms with Gasteiger partial charge in [-0.05, 0) is 25.1 Å². The molecule has 0 saturated heterocycles. The molecule has 0 aliphatic carbocycles. The Hall–Kier alpha value is -3.04. The van der Waals surface area contributed by atoms with Crippen molar-refractivity contribution >= 4 is 23.2 Å². The number of carbonyl (C=O) groups is 1. The van der Waals surface area contributed by atoms with E-state index < -0.39 is 10.8 Å². The van der Waals surface area contributed by atoms with Crippen LogP contribution < -0.4 is 10.1 Å². The maximum atomic E-state index is 12.0. The Morgan fingerprint density at radius 1 is 1.28 bits per heavy atom. The molecule has 2 aromatic carbocycles. The fourth-order valence-electron chi connectivity index (χ4n) is 1.96. The predicted octanol–water partition coefficient (Wildman–Crippen LogP) is 3.37. The highest BCUT2D eigenvalue weighted by atomic mass is 35.5. The van der Waals surface area contributed by atoms with E-state index in [4.69, 9.17) is 16.3 Å². The topological polar surface area (TPSA) is 81.5 Å². The Labute approximate surface area is 149 Å². The fourth-order valence-corrected chi connectivity index (χ4v) is 2.15. The number of hydrogen-bond acceptors (Lipinski definition) is 4. The Morgan fingerprint density at radius 3 is 2.76 bits per heavy atom. The van der Waals surface area contributed by atoms with Gasteiger partial charge in [-0.3, -0.25) is 14.9 Å². The van der Waals surface area contributed by atoms with Crippen LogP contribution in [0.5, 0.6) is 5.75 Å². The summed E-state index contributed by atoms with van der Waals surface area (Å²) in [7, 11) is 0. The van der Waals surface area contributed by atoms with E-state index >= 15 is 0 Å². The van der Waals surface area contributed by atoms with Gasteiger partial charge in [0.25, 0.3) is 11.6 Å². The number of para-hydroxylation sites is 1. The van der Waals surface area contributed by atoms with E-state index in [0.717, 1.165) is 0 Å². The van der Waals surface area contributed by atoms with Crippen LogP contribution in [-0.4, -0.2) is 24.0 Å². The summed E-state index contributed by atoms with van der Waals surface area (Å²) in [6.07, 6.45) is 0. The summed E-state index contributed by atoms with van der Waals surface area (Å²) < 4.78 is 5.39. The molecule has 0 radical (unpaired) electrons. The zero-order chi connectivity index (χ0) is 18.2. The van der Waals surface area contributed by atoms with Gasteiger partial charge in [0.1, 0.15) is 12.4 Å². The fraction of sp³-hybridized carbons (Fsp3) is 0.167. The second-order valence-corrected chi connectivity index (χ2v) is 5.42. The van der Waals surface area contributed by atoms with Crippen molar-refractivity contribution in [1.29, 1.82) is 0 Å². The second-order valence-electron chi connectivity index (χ2n) is 5.01. The van der Waals surface area contributed by atoms with Gasteiger partial charge in [0, 0.05) is 17.2 Å². The number of ether oxygens (including phenoxy) is 1. The number of amides is 1. The summed E-state index contributed by atoms with van der Waals surface area (Å²) in [5.41, 5.74) is 0.622. The largest absolute Gasteiger partial charge is 0.479 e. The molecule has 0 aromatic heterocycles. The lowest BCUT2D eigenvalue weighted by Crippen LogP contribution is -2.23. The molecule has 1 amide bonds. The van der Waals surface area contributed by atoms with Crippen molar-refractivity contribution in [3.8, 4) is 17.6 Å². The lowest BCUT2D eigenvalue weighted by Gasteiger charge is -2.04. The zero-order valence-electron chi connectivity index (χ0n) is 13.4. The minimum atomic E-state index is -0.516. The van der Waals surface area contributed by atoms with Crippen LogP contribution in [-0.2, 0) is 0 Å². The van der Waals surface area contributed by atoms with Gasteiger partial charge in [0.2, 0.25) is 0 Å². The third-order valence-corrected chi connectivity index (χ3v) is 3.58. The monoisotopic (exact) mass is 358 g/mol. The summed E-state index contributed by atoms with van der Waals surface area (Å²) in [6, 6.07) is 11.4. The van der Waals surface area contributed by atoms with Crippen LogP contribution in [0.25, 0.3) is 0 Å². The summed E-state index contributed by atoms with van der Waals surface area (Å²) in [6.45, 7) is 1.85. The van der Waals surface area contributed by atoms with Crippen molar-refractivity contribution in [3.05, 3.63) is 68.7 Å². The zero-order valence-corrected chi connectivity index (χ0v) is 14.2. The number of rotatable bonds is 5. The molecule has 0 unspecified atom stereocenters. The predicted molar refractivity (Wildman–Crippen MR) is 94.9 cm³/mol. The van der Waals surface area contributed by atoms with Crippen LogP contribution in [0.4, 0.5) is 5.69 Å². The molecule has 25 heavy (non-hydrogen) atoms. The first-order valence-electron chi connectivity index (χ1n) is 7.35. The highest BCUT2D eigenvalue weighted by Gasteiger charge is 2.14. The van der Waals surface area contributed by atoms with E-state index in [1.165, 1.54) is 18.2 Å². The molecule has 128 valence electrons. The molecule has 2 aromatic rings. The van der Waals surface area contributed by atoms with Crippen molar-refractivity contribution in [2.45, 2.75) is 6.92 Å². The van der Waals surface area contributed by atoms with Crippen LogP contribution in [0.3, 0.4) is 0 Å². The molecule has 1 N–H and O–H groups in total. The maximum Gasteiger partial charge on any atom is 0.273 e. The minimum absolute atomic E-state index is 0.0909. The number of hydrogen-bond donors (Lipinski definition) is 1. The standard InChI is InChI=1S/C18H15ClN2O4/c1-13-8-9-14(12-16(13)21(23)24)18(22)20-10-4-5-11-25-17-7-3-2-6-15(17)19/h2-3,6-9,12H,10-11H2,1H3,(H,20,22). The number of benzene rings is 2. The van der Waals surface area contributed by atoms with Gasteiger partial charge in [-0.25, -0.2) is 0 Å². The first kappa shape index (κ1) is 18.3. The summed E-state index contributed by atoms with van der Waals surface area (Å²) >= 11 is 5.94. The van der Waals surface area contributed by atoms with E-state index in [0.29, 0.717) is 16.3 Å². The van der Waals surface area contributed by atoms with E-state index in [-0.39, 0.29) is 24.4 Å². The molecule has 0 heterocycles. The molecule has 2 rings (SSSR count). The molecule has 0 fully saturated rings. The van der Waals surface area contributed by atoms with Crippen LogP contribution in [0.15, 0.2) is 42.5 Å². The number of aryl methyl sites for hydroxylation is 1. The van der Waals surface area contributed by atoms with Gasteiger partial charge in [0.05, 0.1) is 16.5 Å². The van der Waals surface area contributed by atoms with Crippen molar-refractivity contribution in [3.63, 3.8) is 0 Å². The third-order valence-electron chi connectivity index (χ3n) is 3.27. The summed E-state index contributed by atoms with van der Waals surface area (Å²) in [5.74, 6) is 5.60. The van der Waals surface area contributed by atoms with Crippen LogP contribution in [0, 0.1) is 28.9 Å². The van der Waals surface area contributed by atoms with Gasteiger partial charge < -0.3 is 10.1 Å². The van der Waals surface area contributed by atoms with Gasteiger partial charge in [0.15, 0.2) is 0 Å². The van der Waals surface area contributed by atoms with Crippen molar-refractivity contribution in [2.75, 3.05) is 13.2 Å². The minimum Gasteiger partial charge on any atom is -0.479 e. The molecule has 0 aliphatic rings. The lowest BCUT2D eigenvalue weighted by atomic mass is 10.1. The smallest absolute Gasteiger partial charge is 0.273 e. The first-order valence-corrected chi connectivity index (χ1v) is 7.73. The molecule has 0 atom stereocenters. The summed E-state index contributed by atoms with van der Waals surface area (Å²) in [4.78, 5) is 22.4. The molecule has 6 nitrogen and oxygen atoms in total. The van der Waals surface area contributed by atoms with E-state index in [9.17, 15) is 14.9 Å². The van der Waals surface area contributed by atoms with E-state index in [1.54, 1.807) is 31.2 Å². The average Bonchev–Trinajstić information content (AvgIpc) is 2.59. The van der Waals surface area contributed by atoms with Crippen molar-refractivity contribution in [1.82, 2.24) is 5.32 Å². The Bertz CT molecular complexity index is 856. The number of nitrogens with zero attached hydrogens (tertiary/aromatic N) is 1. The Balaban J connectivity index is 1.84. The van der Waals surface area contributed by atoms with Gasteiger partial charge in [-0.15, -0.1) is 0 Å². The SMILES string of the molecule is Cc1ccc(C(=O)NCC#CCOc2ccccc2Cl)cc1[N+](=O)[O-]. The number of carbonyl (C=O) groups excluding carboxylic acids is 1. The third kappa shape index (κ3) is 5.23. The maximum absolute atomic E-state index is 12.0. The Kier molecular flexibility index (Phi) is 6.38. The highest BCUT2D eigenvalue weighted by molar-refractivity contribution is 6.32. The normalized spacial score (nSPS) is 9.68. The van der Waals surface area contributed by atoms with E-state index in [1.807, 2.05) is 0 Å².